The molecule has 8 heteroatoms. The van der Waals surface area contributed by atoms with Crippen molar-refractivity contribution in [3.63, 3.8) is 0 Å². The van der Waals surface area contributed by atoms with E-state index < -0.39 is 23.9 Å². The zero-order valence-corrected chi connectivity index (χ0v) is 11.4. The summed E-state index contributed by atoms with van der Waals surface area (Å²) < 4.78 is 1.54. The summed E-state index contributed by atoms with van der Waals surface area (Å²) in [6, 6.07) is -1.59. The average molecular weight is 279 g/mol. The van der Waals surface area contributed by atoms with E-state index in [0.29, 0.717) is 12.0 Å². The average Bonchev–Trinajstić information content (AvgIpc) is 2.85. The summed E-state index contributed by atoms with van der Waals surface area (Å²) in [6.07, 6.45) is 3.67. The van der Waals surface area contributed by atoms with Crippen LogP contribution in [-0.4, -0.2) is 45.5 Å². The molecule has 1 fully saturated rings. The summed E-state index contributed by atoms with van der Waals surface area (Å²) in [5.74, 6) is -1.11. The highest BCUT2D eigenvalue weighted by Crippen LogP contribution is 2.14. The number of rotatable bonds is 3. The Morgan fingerprint density at radius 1 is 1.50 bits per heavy atom. The molecule has 2 unspecified atom stereocenters. The van der Waals surface area contributed by atoms with Crippen LogP contribution in [0.3, 0.4) is 0 Å². The third-order valence-corrected chi connectivity index (χ3v) is 3.33. The van der Waals surface area contributed by atoms with Crippen LogP contribution in [0.4, 0.5) is 0 Å². The van der Waals surface area contributed by atoms with Gasteiger partial charge < -0.3 is 11.1 Å². The number of aromatic nitrogens is 2. The Morgan fingerprint density at radius 2 is 2.20 bits per heavy atom. The van der Waals surface area contributed by atoms with Crippen LogP contribution >= 0.6 is 0 Å². The smallest absolute Gasteiger partial charge is 0.251 e. The number of hydrogen-bond acceptors (Lipinski definition) is 5. The van der Waals surface area contributed by atoms with Crippen LogP contribution in [0.5, 0.6) is 0 Å². The monoisotopic (exact) mass is 279 g/mol. The van der Waals surface area contributed by atoms with Crippen molar-refractivity contribution in [1.82, 2.24) is 20.0 Å². The van der Waals surface area contributed by atoms with Gasteiger partial charge in [-0.05, 0) is 6.42 Å². The molecule has 0 bridgehead atoms. The molecule has 2 rings (SSSR count). The van der Waals surface area contributed by atoms with Gasteiger partial charge in [0.1, 0.15) is 12.1 Å². The first-order chi connectivity index (χ1) is 9.40. The standard InChI is InChI=1S/C12H17N5O3/c1-16-6-7(5-14-16)10(13)11(19)15-8-3-4-9(18)17(2)12(8)20/h5-6,8,10H,3-4,13H2,1-2H3,(H,15,19). The fraction of sp³-hybridized carbons (Fsp3) is 0.500. The molecule has 0 aliphatic carbocycles. The Hall–Kier alpha value is -2.22. The molecule has 0 saturated carbocycles. The van der Waals surface area contributed by atoms with E-state index in [9.17, 15) is 14.4 Å². The molecule has 0 aromatic carbocycles. The third-order valence-electron chi connectivity index (χ3n) is 3.33. The van der Waals surface area contributed by atoms with E-state index in [1.807, 2.05) is 0 Å². The highest BCUT2D eigenvalue weighted by atomic mass is 16.2. The van der Waals surface area contributed by atoms with Crippen molar-refractivity contribution in [2.75, 3.05) is 7.05 Å². The number of imide groups is 1. The second-order valence-corrected chi connectivity index (χ2v) is 4.82. The number of piperidine rings is 1. The van der Waals surface area contributed by atoms with Crippen LogP contribution in [0.2, 0.25) is 0 Å². The minimum absolute atomic E-state index is 0.231. The topological polar surface area (TPSA) is 110 Å². The van der Waals surface area contributed by atoms with Gasteiger partial charge in [0.15, 0.2) is 0 Å². The highest BCUT2D eigenvalue weighted by Gasteiger charge is 2.33. The molecule has 1 aliphatic heterocycles. The zero-order chi connectivity index (χ0) is 14.9. The van der Waals surface area contributed by atoms with Gasteiger partial charge in [-0.25, -0.2) is 0 Å². The largest absolute Gasteiger partial charge is 0.343 e. The lowest BCUT2D eigenvalue weighted by Gasteiger charge is -2.28. The van der Waals surface area contributed by atoms with Crippen LogP contribution in [0, 0.1) is 0 Å². The third kappa shape index (κ3) is 2.69. The lowest BCUT2D eigenvalue weighted by atomic mass is 10.0. The van der Waals surface area contributed by atoms with Crippen LogP contribution in [0.25, 0.3) is 0 Å². The van der Waals surface area contributed by atoms with E-state index in [4.69, 9.17) is 5.73 Å². The van der Waals surface area contributed by atoms with E-state index in [-0.39, 0.29) is 12.3 Å². The number of nitrogens with zero attached hydrogens (tertiary/aromatic N) is 3. The van der Waals surface area contributed by atoms with E-state index >= 15 is 0 Å². The molecule has 0 spiro atoms. The molecule has 3 amide bonds. The normalized spacial score (nSPS) is 20.9. The van der Waals surface area contributed by atoms with Crippen molar-refractivity contribution in [2.24, 2.45) is 12.8 Å². The number of likely N-dealkylation sites (tertiary alicyclic amines) is 1. The zero-order valence-electron chi connectivity index (χ0n) is 11.4. The molecule has 1 aromatic heterocycles. The molecule has 2 atom stereocenters. The number of carbonyl (C=O) groups is 3. The van der Waals surface area contributed by atoms with Gasteiger partial charge in [0.05, 0.1) is 6.20 Å². The number of nitrogens with two attached hydrogens (primary N) is 1. The molecular formula is C12H17N5O3. The predicted molar refractivity (Wildman–Crippen MR) is 69.1 cm³/mol. The predicted octanol–water partition coefficient (Wildman–Crippen LogP) is -1.32. The van der Waals surface area contributed by atoms with Crippen molar-refractivity contribution < 1.29 is 14.4 Å². The first-order valence-electron chi connectivity index (χ1n) is 6.25. The summed E-state index contributed by atoms with van der Waals surface area (Å²) >= 11 is 0. The second kappa shape index (κ2) is 5.41. The van der Waals surface area contributed by atoms with E-state index in [1.165, 1.54) is 13.2 Å². The first kappa shape index (κ1) is 14.2. The van der Waals surface area contributed by atoms with Gasteiger partial charge in [0.2, 0.25) is 11.8 Å². The second-order valence-electron chi connectivity index (χ2n) is 4.82. The van der Waals surface area contributed by atoms with Gasteiger partial charge in [-0.2, -0.15) is 5.10 Å². The molecule has 108 valence electrons. The van der Waals surface area contributed by atoms with Gasteiger partial charge >= 0.3 is 0 Å². The number of aryl methyl sites for hydroxylation is 1. The molecule has 20 heavy (non-hydrogen) atoms. The van der Waals surface area contributed by atoms with Gasteiger partial charge in [-0.3, -0.25) is 24.0 Å². The van der Waals surface area contributed by atoms with Crippen LogP contribution in [0.1, 0.15) is 24.4 Å². The number of hydrogen-bond donors (Lipinski definition) is 2. The van der Waals surface area contributed by atoms with Gasteiger partial charge in [-0.1, -0.05) is 0 Å². The van der Waals surface area contributed by atoms with E-state index in [0.717, 1.165) is 4.90 Å². The van der Waals surface area contributed by atoms with Crippen molar-refractivity contribution in [3.8, 4) is 0 Å². The number of nitrogens with one attached hydrogen (secondary N) is 1. The molecule has 8 nitrogen and oxygen atoms in total. The molecule has 2 heterocycles. The molecule has 1 saturated heterocycles. The van der Waals surface area contributed by atoms with Crippen LogP contribution < -0.4 is 11.1 Å². The van der Waals surface area contributed by atoms with E-state index in [2.05, 4.69) is 10.4 Å². The molecule has 1 aliphatic rings. The quantitative estimate of drug-likeness (QED) is 0.667. The van der Waals surface area contributed by atoms with Crippen LogP contribution in [0.15, 0.2) is 12.4 Å². The lowest BCUT2D eigenvalue weighted by Crippen LogP contribution is -2.54. The lowest BCUT2D eigenvalue weighted by molar-refractivity contribution is -0.149. The summed E-state index contributed by atoms with van der Waals surface area (Å²) in [7, 11) is 3.13. The molecule has 0 radical (unpaired) electrons. The maximum Gasteiger partial charge on any atom is 0.251 e. The van der Waals surface area contributed by atoms with E-state index in [1.54, 1.807) is 17.9 Å². The molecular weight excluding hydrogens is 262 g/mol. The van der Waals surface area contributed by atoms with Gasteiger partial charge in [-0.15, -0.1) is 0 Å². The summed E-state index contributed by atoms with van der Waals surface area (Å²) in [6.45, 7) is 0. The number of likely N-dealkylation sites (N-methyl/N-ethyl adjacent to an activating group) is 1. The Kier molecular flexibility index (Phi) is 3.84. The van der Waals surface area contributed by atoms with Crippen molar-refractivity contribution in [1.29, 1.82) is 0 Å². The van der Waals surface area contributed by atoms with Crippen LogP contribution in [-0.2, 0) is 21.4 Å². The van der Waals surface area contributed by atoms with Crippen molar-refractivity contribution in [2.45, 2.75) is 24.9 Å². The Balaban J connectivity index is 2.01. The SMILES string of the molecule is CN1C(=O)CCC(NC(=O)C(N)c2cnn(C)c2)C1=O. The maximum atomic E-state index is 12.0. The maximum absolute atomic E-state index is 12.0. The fourth-order valence-electron chi connectivity index (χ4n) is 2.06. The Labute approximate surface area is 115 Å². The minimum atomic E-state index is -0.889. The molecule has 1 aromatic rings. The summed E-state index contributed by atoms with van der Waals surface area (Å²) in [5.41, 5.74) is 6.39. The summed E-state index contributed by atoms with van der Waals surface area (Å²) in [4.78, 5) is 36.3. The highest BCUT2D eigenvalue weighted by molar-refractivity contribution is 6.01. The van der Waals surface area contributed by atoms with Crippen molar-refractivity contribution in [3.05, 3.63) is 18.0 Å². The minimum Gasteiger partial charge on any atom is -0.343 e. The number of carbonyl (C=O) groups excluding carboxylic acids is 3. The van der Waals surface area contributed by atoms with Crippen molar-refractivity contribution >= 4 is 17.7 Å². The first-order valence-corrected chi connectivity index (χ1v) is 6.25. The fourth-order valence-corrected chi connectivity index (χ4v) is 2.06. The summed E-state index contributed by atoms with van der Waals surface area (Å²) in [5, 5.41) is 6.52. The molecule has 3 N–H and O–H groups in total. The Bertz CT molecular complexity index is 553. The van der Waals surface area contributed by atoms with Gasteiger partial charge in [0.25, 0.3) is 5.91 Å². The number of amides is 3. The Morgan fingerprint density at radius 3 is 2.80 bits per heavy atom. The van der Waals surface area contributed by atoms with Gasteiger partial charge in [0, 0.05) is 32.3 Å².